The van der Waals surface area contributed by atoms with Crippen molar-refractivity contribution in [3.63, 3.8) is 0 Å². The van der Waals surface area contributed by atoms with Gasteiger partial charge in [-0.1, -0.05) is 35.9 Å². The standard InChI is InChI=1S/C20H20ClNO3S/c1-26-14-9-10-17(21)16(11-14)20(24)25-12-19(23)22-18-8-4-6-13-5-2-3-7-15(13)18/h2-3,5,7,9-11,18H,4,6,8,12H2,1H3,(H,22,23)/t18-/m0/s1. The highest BCUT2D eigenvalue weighted by molar-refractivity contribution is 7.98. The van der Waals surface area contributed by atoms with E-state index in [4.69, 9.17) is 16.3 Å². The number of esters is 1. The van der Waals surface area contributed by atoms with Gasteiger partial charge in [-0.15, -0.1) is 11.8 Å². The van der Waals surface area contributed by atoms with E-state index in [1.807, 2.05) is 30.5 Å². The zero-order chi connectivity index (χ0) is 18.5. The SMILES string of the molecule is CSc1ccc(Cl)c(C(=O)OCC(=O)N[C@H]2CCCc3ccccc32)c1. The molecule has 0 heterocycles. The molecule has 2 aromatic rings. The van der Waals surface area contributed by atoms with E-state index in [0.717, 1.165) is 29.7 Å². The molecule has 1 N–H and O–H groups in total. The zero-order valence-electron chi connectivity index (χ0n) is 14.5. The minimum atomic E-state index is -0.593. The van der Waals surface area contributed by atoms with E-state index < -0.39 is 5.97 Å². The van der Waals surface area contributed by atoms with Crippen molar-refractivity contribution in [2.24, 2.45) is 0 Å². The molecule has 0 saturated heterocycles. The van der Waals surface area contributed by atoms with Crippen LogP contribution in [-0.4, -0.2) is 24.7 Å². The Hall–Kier alpha value is -1.98. The molecule has 1 atom stereocenters. The maximum absolute atomic E-state index is 12.2. The van der Waals surface area contributed by atoms with Gasteiger partial charge >= 0.3 is 5.97 Å². The summed E-state index contributed by atoms with van der Waals surface area (Å²) in [7, 11) is 0. The molecule has 0 aliphatic heterocycles. The Morgan fingerprint density at radius 2 is 2.08 bits per heavy atom. The molecule has 0 bridgehead atoms. The molecule has 136 valence electrons. The molecular weight excluding hydrogens is 370 g/mol. The number of carbonyl (C=O) groups is 2. The van der Waals surface area contributed by atoms with E-state index in [0.29, 0.717) is 5.02 Å². The summed E-state index contributed by atoms with van der Waals surface area (Å²) in [5.41, 5.74) is 2.69. The number of fused-ring (bicyclic) bond motifs is 1. The lowest BCUT2D eigenvalue weighted by atomic mass is 9.88. The van der Waals surface area contributed by atoms with E-state index in [-0.39, 0.29) is 24.1 Å². The summed E-state index contributed by atoms with van der Waals surface area (Å²) in [5.74, 6) is -0.901. The number of benzene rings is 2. The minimum absolute atomic E-state index is 0.0328. The van der Waals surface area contributed by atoms with Crippen LogP contribution in [0.4, 0.5) is 0 Å². The number of thioether (sulfide) groups is 1. The van der Waals surface area contributed by atoms with Crippen molar-refractivity contribution in [3.8, 4) is 0 Å². The third-order valence-corrected chi connectivity index (χ3v) is 5.49. The lowest BCUT2D eigenvalue weighted by Crippen LogP contribution is -2.34. The second kappa shape index (κ2) is 8.60. The summed E-state index contributed by atoms with van der Waals surface area (Å²) >= 11 is 7.57. The number of nitrogens with one attached hydrogen (secondary N) is 1. The molecule has 26 heavy (non-hydrogen) atoms. The summed E-state index contributed by atoms with van der Waals surface area (Å²) < 4.78 is 5.16. The molecule has 4 nitrogen and oxygen atoms in total. The number of aryl methyl sites for hydroxylation is 1. The first-order valence-corrected chi connectivity index (χ1v) is 10.1. The zero-order valence-corrected chi connectivity index (χ0v) is 16.0. The van der Waals surface area contributed by atoms with Crippen molar-refractivity contribution in [1.29, 1.82) is 0 Å². The summed E-state index contributed by atoms with van der Waals surface area (Å²) in [6, 6.07) is 13.2. The number of rotatable bonds is 5. The van der Waals surface area contributed by atoms with Crippen LogP contribution in [0.2, 0.25) is 5.02 Å². The van der Waals surface area contributed by atoms with Gasteiger partial charge < -0.3 is 10.1 Å². The highest BCUT2D eigenvalue weighted by Gasteiger charge is 2.22. The highest BCUT2D eigenvalue weighted by Crippen LogP contribution is 2.29. The van der Waals surface area contributed by atoms with Crippen LogP contribution in [0.5, 0.6) is 0 Å². The van der Waals surface area contributed by atoms with E-state index in [1.165, 1.54) is 17.3 Å². The fraction of sp³-hybridized carbons (Fsp3) is 0.300. The third-order valence-electron chi connectivity index (χ3n) is 4.43. The van der Waals surface area contributed by atoms with Crippen molar-refractivity contribution in [2.45, 2.75) is 30.2 Å². The van der Waals surface area contributed by atoms with Crippen molar-refractivity contribution in [2.75, 3.05) is 12.9 Å². The molecule has 0 radical (unpaired) electrons. The number of hydrogen-bond donors (Lipinski definition) is 1. The number of hydrogen-bond acceptors (Lipinski definition) is 4. The second-order valence-electron chi connectivity index (χ2n) is 6.13. The Balaban J connectivity index is 1.59. The smallest absolute Gasteiger partial charge is 0.340 e. The van der Waals surface area contributed by atoms with Crippen molar-refractivity contribution >= 4 is 35.2 Å². The molecule has 0 unspecified atom stereocenters. The van der Waals surface area contributed by atoms with E-state index >= 15 is 0 Å². The fourth-order valence-corrected chi connectivity index (χ4v) is 3.77. The first-order chi connectivity index (χ1) is 12.6. The van der Waals surface area contributed by atoms with Crippen molar-refractivity contribution in [3.05, 3.63) is 64.2 Å². The van der Waals surface area contributed by atoms with Gasteiger partial charge in [-0.2, -0.15) is 0 Å². The highest BCUT2D eigenvalue weighted by atomic mass is 35.5. The van der Waals surface area contributed by atoms with E-state index in [9.17, 15) is 9.59 Å². The van der Waals surface area contributed by atoms with Crippen LogP contribution in [0.25, 0.3) is 0 Å². The van der Waals surface area contributed by atoms with Gasteiger partial charge in [0.1, 0.15) is 0 Å². The summed E-state index contributed by atoms with van der Waals surface area (Å²) in [6.07, 6.45) is 4.85. The first-order valence-electron chi connectivity index (χ1n) is 8.46. The van der Waals surface area contributed by atoms with Crippen LogP contribution in [0.15, 0.2) is 47.4 Å². The molecule has 0 fully saturated rings. The van der Waals surface area contributed by atoms with E-state index in [2.05, 4.69) is 11.4 Å². The van der Waals surface area contributed by atoms with Gasteiger partial charge in [-0.05, 0) is 54.8 Å². The van der Waals surface area contributed by atoms with Gasteiger partial charge in [0.05, 0.1) is 16.6 Å². The predicted molar refractivity (Wildman–Crippen MR) is 104 cm³/mol. The molecule has 1 aliphatic carbocycles. The van der Waals surface area contributed by atoms with Gasteiger partial charge in [-0.3, -0.25) is 4.79 Å². The van der Waals surface area contributed by atoms with Crippen LogP contribution < -0.4 is 5.32 Å². The molecule has 3 rings (SSSR count). The maximum atomic E-state index is 12.2. The topological polar surface area (TPSA) is 55.4 Å². The Labute approximate surface area is 162 Å². The minimum Gasteiger partial charge on any atom is -0.452 e. The molecular formula is C20H20ClNO3S. The number of amides is 1. The molecule has 1 aliphatic rings. The van der Waals surface area contributed by atoms with Crippen LogP contribution in [0.3, 0.4) is 0 Å². The largest absolute Gasteiger partial charge is 0.452 e. The Kier molecular flexibility index (Phi) is 6.22. The normalized spacial score (nSPS) is 15.8. The molecule has 1 amide bonds. The monoisotopic (exact) mass is 389 g/mol. The van der Waals surface area contributed by atoms with Crippen molar-refractivity contribution < 1.29 is 14.3 Å². The van der Waals surface area contributed by atoms with Gasteiger partial charge in [-0.25, -0.2) is 4.79 Å². The van der Waals surface area contributed by atoms with Crippen LogP contribution in [0, 0.1) is 0 Å². The van der Waals surface area contributed by atoms with Gasteiger partial charge in [0.15, 0.2) is 6.61 Å². The first kappa shape index (κ1) is 18.8. The second-order valence-corrected chi connectivity index (χ2v) is 7.42. The fourth-order valence-electron chi connectivity index (χ4n) is 3.14. The third kappa shape index (κ3) is 4.40. The van der Waals surface area contributed by atoms with Gasteiger partial charge in [0, 0.05) is 4.90 Å². The lowest BCUT2D eigenvalue weighted by Gasteiger charge is -2.26. The molecule has 2 aromatic carbocycles. The van der Waals surface area contributed by atoms with Crippen molar-refractivity contribution in [1.82, 2.24) is 5.32 Å². The van der Waals surface area contributed by atoms with Crippen LogP contribution in [-0.2, 0) is 16.0 Å². The molecule has 0 saturated carbocycles. The van der Waals surface area contributed by atoms with Crippen LogP contribution >= 0.6 is 23.4 Å². The van der Waals surface area contributed by atoms with Gasteiger partial charge in [0.25, 0.3) is 5.91 Å². The number of halogens is 1. The average molecular weight is 390 g/mol. The van der Waals surface area contributed by atoms with Crippen LogP contribution in [0.1, 0.15) is 40.4 Å². The number of carbonyl (C=O) groups excluding carboxylic acids is 2. The number of ether oxygens (including phenoxy) is 1. The lowest BCUT2D eigenvalue weighted by molar-refractivity contribution is -0.125. The quantitative estimate of drug-likeness (QED) is 0.607. The Bertz CT molecular complexity index is 824. The maximum Gasteiger partial charge on any atom is 0.340 e. The summed E-state index contributed by atoms with van der Waals surface area (Å²) in [5, 5.41) is 3.28. The molecule has 6 heteroatoms. The average Bonchev–Trinajstić information content (AvgIpc) is 2.67. The Morgan fingerprint density at radius 3 is 2.88 bits per heavy atom. The summed E-state index contributed by atoms with van der Waals surface area (Å²) in [6.45, 7) is -0.322. The van der Waals surface area contributed by atoms with Gasteiger partial charge in [0.2, 0.25) is 0 Å². The predicted octanol–water partition coefficient (Wildman–Crippen LogP) is 4.41. The molecule has 0 spiro atoms. The molecule has 0 aromatic heterocycles. The Morgan fingerprint density at radius 1 is 1.27 bits per heavy atom. The van der Waals surface area contributed by atoms with E-state index in [1.54, 1.807) is 12.1 Å². The summed E-state index contributed by atoms with van der Waals surface area (Å²) in [4.78, 5) is 25.4.